The number of carboxylic acid groups (broad SMARTS) is 1. The van der Waals surface area contributed by atoms with E-state index in [2.05, 4.69) is 9.97 Å². The predicted octanol–water partition coefficient (Wildman–Crippen LogP) is 0.790. The standard InChI is InChI=1S/C11H15N3O3/c1-17-8-3-2-4-14(7-8)10-6-12-5-9(13-10)11(15)16/h5-6,8H,2-4,7H2,1H3,(H,15,16). The molecular weight excluding hydrogens is 222 g/mol. The Labute approximate surface area is 99.2 Å². The van der Waals surface area contributed by atoms with E-state index < -0.39 is 5.97 Å². The molecule has 1 saturated heterocycles. The number of carbonyl (C=O) groups is 1. The average Bonchev–Trinajstić information content (AvgIpc) is 2.39. The van der Waals surface area contributed by atoms with Gasteiger partial charge in [-0.05, 0) is 12.8 Å². The Hall–Kier alpha value is -1.69. The molecule has 0 radical (unpaired) electrons. The van der Waals surface area contributed by atoms with Crippen LogP contribution in [0.4, 0.5) is 5.82 Å². The lowest BCUT2D eigenvalue weighted by Crippen LogP contribution is -2.39. The number of anilines is 1. The van der Waals surface area contributed by atoms with E-state index in [1.165, 1.54) is 6.20 Å². The smallest absolute Gasteiger partial charge is 0.356 e. The Morgan fingerprint density at radius 1 is 1.59 bits per heavy atom. The number of piperidine rings is 1. The fourth-order valence-corrected chi connectivity index (χ4v) is 1.95. The molecule has 0 bridgehead atoms. The summed E-state index contributed by atoms with van der Waals surface area (Å²) in [4.78, 5) is 20.8. The number of hydrogen-bond acceptors (Lipinski definition) is 5. The van der Waals surface area contributed by atoms with Crippen molar-refractivity contribution in [3.63, 3.8) is 0 Å². The number of nitrogens with zero attached hydrogens (tertiary/aromatic N) is 3. The minimum Gasteiger partial charge on any atom is -0.476 e. The highest BCUT2D eigenvalue weighted by atomic mass is 16.5. The number of ether oxygens (including phenoxy) is 1. The van der Waals surface area contributed by atoms with Crippen LogP contribution in [-0.4, -0.2) is 47.3 Å². The van der Waals surface area contributed by atoms with Gasteiger partial charge in [0.15, 0.2) is 5.69 Å². The summed E-state index contributed by atoms with van der Waals surface area (Å²) < 4.78 is 5.31. The molecule has 1 aromatic rings. The number of carboxylic acids is 1. The summed E-state index contributed by atoms with van der Waals surface area (Å²) in [7, 11) is 1.69. The molecule has 17 heavy (non-hydrogen) atoms. The van der Waals surface area contributed by atoms with Crippen LogP contribution in [0.3, 0.4) is 0 Å². The van der Waals surface area contributed by atoms with Crippen molar-refractivity contribution >= 4 is 11.8 Å². The van der Waals surface area contributed by atoms with Gasteiger partial charge in [0.25, 0.3) is 0 Å². The molecule has 2 heterocycles. The highest BCUT2D eigenvalue weighted by Gasteiger charge is 2.21. The summed E-state index contributed by atoms with van der Waals surface area (Å²) in [5.74, 6) is -0.452. The van der Waals surface area contributed by atoms with Crippen LogP contribution in [0.15, 0.2) is 12.4 Å². The third-order valence-electron chi connectivity index (χ3n) is 2.88. The van der Waals surface area contributed by atoms with Crippen molar-refractivity contribution in [3.8, 4) is 0 Å². The van der Waals surface area contributed by atoms with Crippen LogP contribution in [0.25, 0.3) is 0 Å². The van der Waals surface area contributed by atoms with Crippen molar-refractivity contribution in [2.75, 3.05) is 25.1 Å². The normalized spacial score (nSPS) is 20.3. The number of methoxy groups -OCH3 is 1. The molecule has 0 spiro atoms. The van der Waals surface area contributed by atoms with Crippen LogP contribution in [0.5, 0.6) is 0 Å². The third kappa shape index (κ3) is 2.71. The van der Waals surface area contributed by atoms with Gasteiger partial charge in [0.2, 0.25) is 0 Å². The second kappa shape index (κ2) is 5.09. The number of hydrogen-bond donors (Lipinski definition) is 1. The van der Waals surface area contributed by atoms with Crippen LogP contribution < -0.4 is 4.90 Å². The van der Waals surface area contributed by atoms with E-state index in [0.717, 1.165) is 25.9 Å². The Morgan fingerprint density at radius 3 is 3.12 bits per heavy atom. The Bertz CT molecular complexity index is 411. The van der Waals surface area contributed by atoms with Gasteiger partial charge in [-0.15, -0.1) is 0 Å². The van der Waals surface area contributed by atoms with Crippen LogP contribution in [0.1, 0.15) is 23.3 Å². The molecule has 2 rings (SSSR count). The average molecular weight is 237 g/mol. The zero-order valence-electron chi connectivity index (χ0n) is 9.67. The van der Waals surface area contributed by atoms with E-state index in [9.17, 15) is 4.79 Å². The van der Waals surface area contributed by atoms with Gasteiger partial charge in [0, 0.05) is 20.2 Å². The molecule has 6 nitrogen and oxygen atoms in total. The molecule has 1 aromatic heterocycles. The van der Waals surface area contributed by atoms with E-state index in [1.54, 1.807) is 13.3 Å². The molecule has 0 saturated carbocycles. The van der Waals surface area contributed by atoms with Crippen LogP contribution in [0.2, 0.25) is 0 Å². The summed E-state index contributed by atoms with van der Waals surface area (Å²) in [6.07, 6.45) is 5.06. The second-order valence-electron chi connectivity index (χ2n) is 4.01. The van der Waals surface area contributed by atoms with Gasteiger partial charge in [0.1, 0.15) is 5.82 Å². The summed E-state index contributed by atoms with van der Waals surface area (Å²) >= 11 is 0. The fraction of sp³-hybridized carbons (Fsp3) is 0.545. The van der Waals surface area contributed by atoms with Gasteiger partial charge >= 0.3 is 5.97 Å². The van der Waals surface area contributed by atoms with Crippen LogP contribution in [-0.2, 0) is 4.74 Å². The Morgan fingerprint density at radius 2 is 2.41 bits per heavy atom. The van der Waals surface area contributed by atoms with Crippen molar-refractivity contribution in [2.24, 2.45) is 0 Å². The second-order valence-corrected chi connectivity index (χ2v) is 4.01. The zero-order chi connectivity index (χ0) is 12.3. The van der Waals surface area contributed by atoms with Gasteiger partial charge in [-0.2, -0.15) is 0 Å². The van der Waals surface area contributed by atoms with E-state index in [1.807, 2.05) is 4.90 Å². The molecule has 1 aliphatic rings. The third-order valence-corrected chi connectivity index (χ3v) is 2.88. The van der Waals surface area contributed by atoms with Crippen molar-refractivity contribution < 1.29 is 14.6 Å². The number of aromatic nitrogens is 2. The van der Waals surface area contributed by atoms with E-state index in [0.29, 0.717) is 5.82 Å². The van der Waals surface area contributed by atoms with E-state index in [-0.39, 0.29) is 11.8 Å². The summed E-state index contributed by atoms with van der Waals surface area (Å²) in [6, 6.07) is 0. The monoisotopic (exact) mass is 237 g/mol. The first kappa shape index (κ1) is 11.8. The number of aromatic carboxylic acids is 1. The molecule has 0 amide bonds. The molecule has 1 atom stereocenters. The summed E-state index contributed by atoms with van der Waals surface area (Å²) in [6.45, 7) is 1.59. The molecule has 1 N–H and O–H groups in total. The SMILES string of the molecule is COC1CCCN(c2cncc(C(=O)O)n2)C1. The van der Waals surface area contributed by atoms with Gasteiger partial charge in [-0.1, -0.05) is 0 Å². The van der Waals surface area contributed by atoms with Crippen molar-refractivity contribution in [1.82, 2.24) is 9.97 Å². The lowest BCUT2D eigenvalue weighted by Gasteiger charge is -2.32. The first-order valence-corrected chi connectivity index (χ1v) is 5.54. The molecule has 92 valence electrons. The van der Waals surface area contributed by atoms with E-state index >= 15 is 0 Å². The topological polar surface area (TPSA) is 75.5 Å². The first-order valence-electron chi connectivity index (χ1n) is 5.54. The van der Waals surface area contributed by atoms with Gasteiger partial charge < -0.3 is 14.7 Å². The molecule has 1 aliphatic heterocycles. The zero-order valence-corrected chi connectivity index (χ0v) is 9.67. The molecule has 1 unspecified atom stereocenters. The lowest BCUT2D eigenvalue weighted by atomic mass is 10.1. The Kier molecular flexibility index (Phi) is 3.53. The maximum Gasteiger partial charge on any atom is 0.356 e. The first-order chi connectivity index (χ1) is 8.20. The molecule has 0 aromatic carbocycles. The molecule has 0 aliphatic carbocycles. The lowest BCUT2D eigenvalue weighted by molar-refractivity contribution is 0.0690. The van der Waals surface area contributed by atoms with E-state index in [4.69, 9.17) is 9.84 Å². The minimum absolute atomic E-state index is 0.0259. The van der Waals surface area contributed by atoms with Crippen molar-refractivity contribution in [1.29, 1.82) is 0 Å². The maximum atomic E-state index is 10.8. The van der Waals surface area contributed by atoms with Crippen LogP contribution >= 0.6 is 0 Å². The largest absolute Gasteiger partial charge is 0.476 e. The number of rotatable bonds is 3. The van der Waals surface area contributed by atoms with Crippen molar-refractivity contribution in [3.05, 3.63) is 18.1 Å². The molecular formula is C11H15N3O3. The van der Waals surface area contributed by atoms with Gasteiger partial charge in [-0.3, -0.25) is 4.98 Å². The maximum absolute atomic E-state index is 10.8. The summed E-state index contributed by atoms with van der Waals surface area (Å²) in [5.41, 5.74) is -0.0259. The molecule has 1 fully saturated rings. The predicted molar refractivity (Wildman–Crippen MR) is 61.2 cm³/mol. The minimum atomic E-state index is -1.06. The van der Waals surface area contributed by atoms with Crippen molar-refractivity contribution in [2.45, 2.75) is 18.9 Å². The fourth-order valence-electron chi connectivity index (χ4n) is 1.95. The molecule has 6 heteroatoms. The van der Waals surface area contributed by atoms with Gasteiger partial charge in [0.05, 0.1) is 18.5 Å². The van der Waals surface area contributed by atoms with Gasteiger partial charge in [-0.25, -0.2) is 9.78 Å². The summed E-state index contributed by atoms with van der Waals surface area (Å²) in [5, 5.41) is 8.86. The Balaban J connectivity index is 2.16. The highest BCUT2D eigenvalue weighted by Crippen LogP contribution is 2.18. The quantitative estimate of drug-likeness (QED) is 0.837. The highest BCUT2D eigenvalue weighted by molar-refractivity contribution is 5.85. The van der Waals surface area contributed by atoms with Crippen LogP contribution in [0, 0.1) is 0 Å².